The lowest BCUT2D eigenvalue weighted by atomic mass is 10.0. The second-order valence-electron chi connectivity index (χ2n) is 18.5. The van der Waals surface area contributed by atoms with E-state index in [2.05, 4.69) is 67.8 Å². The zero-order valence-electron chi connectivity index (χ0n) is 41.1. The molecule has 0 saturated heterocycles. The van der Waals surface area contributed by atoms with Gasteiger partial charge in [0.05, 0.1) is 39.9 Å². The number of quaternary nitrogens is 1. The third kappa shape index (κ3) is 46.2. The van der Waals surface area contributed by atoms with Crippen LogP contribution in [0.1, 0.15) is 219 Å². The molecule has 0 saturated carbocycles. The molecule has 0 aliphatic rings. The number of phosphoric acid groups is 1. The Bertz CT molecular complexity index is 1190. The first-order chi connectivity index (χ1) is 30.0. The Balaban J connectivity index is 4.12. The van der Waals surface area contributed by atoms with Crippen LogP contribution >= 0.6 is 7.82 Å². The monoisotopic (exact) mass is 891 g/mol. The molecule has 0 aromatic heterocycles. The summed E-state index contributed by atoms with van der Waals surface area (Å²) in [5.74, 6) is -0.215. The van der Waals surface area contributed by atoms with E-state index in [0.717, 1.165) is 57.8 Å². The third-order valence-corrected chi connectivity index (χ3v) is 12.1. The molecule has 9 heteroatoms. The average Bonchev–Trinajstić information content (AvgIpc) is 3.23. The highest BCUT2D eigenvalue weighted by Crippen LogP contribution is 2.38. The minimum absolute atomic E-state index is 0.0110. The van der Waals surface area contributed by atoms with Gasteiger partial charge in [-0.05, 0) is 70.6 Å². The van der Waals surface area contributed by atoms with Gasteiger partial charge in [-0.15, -0.1) is 0 Å². The van der Waals surface area contributed by atoms with Gasteiger partial charge in [0.2, 0.25) is 5.91 Å². The predicted octanol–water partition coefficient (Wildman–Crippen LogP) is 14.3. The van der Waals surface area contributed by atoms with Crippen LogP contribution in [0.3, 0.4) is 0 Å². The second kappa shape index (κ2) is 44.4. The van der Waals surface area contributed by atoms with Crippen molar-refractivity contribution in [3.05, 3.63) is 60.8 Å². The lowest BCUT2D eigenvalue weighted by molar-refractivity contribution is -0.870. The summed E-state index contributed by atoms with van der Waals surface area (Å²) < 4.78 is 23.2. The number of carbonyl (C=O) groups is 1. The van der Waals surface area contributed by atoms with Gasteiger partial charge in [-0.1, -0.05) is 203 Å². The SMILES string of the molecule is CCC/C=C/CC/C=C/CC/C=C/C(O)C(COP(=O)([O-])OCC[N+](C)(C)C)NC(=O)CCCCCCCCCCCCCCC/C=C\C/C=C\CCCCCCCCCCC. The van der Waals surface area contributed by atoms with E-state index in [0.29, 0.717) is 17.4 Å². The van der Waals surface area contributed by atoms with Crippen molar-refractivity contribution in [2.24, 2.45) is 0 Å². The number of hydrogen-bond acceptors (Lipinski definition) is 6. The van der Waals surface area contributed by atoms with Crippen LogP contribution in [0.5, 0.6) is 0 Å². The summed E-state index contributed by atoms with van der Waals surface area (Å²) in [6.07, 6.45) is 58.8. The summed E-state index contributed by atoms with van der Waals surface area (Å²) in [4.78, 5) is 25.3. The van der Waals surface area contributed by atoms with Gasteiger partial charge in [0.15, 0.2) is 0 Å². The quantitative estimate of drug-likeness (QED) is 0.0273. The molecule has 0 aliphatic carbocycles. The van der Waals surface area contributed by atoms with E-state index in [9.17, 15) is 19.4 Å². The van der Waals surface area contributed by atoms with Crippen LogP contribution in [0.4, 0.5) is 0 Å². The molecule has 3 atom stereocenters. The summed E-state index contributed by atoms with van der Waals surface area (Å²) in [7, 11) is 1.23. The number of amides is 1. The fraction of sp³-hybridized carbons (Fsp3) is 0.792. The van der Waals surface area contributed by atoms with Gasteiger partial charge < -0.3 is 28.8 Å². The van der Waals surface area contributed by atoms with Gasteiger partial charge in [-0.2, -0.15) is 0 Å². The Morgan fingerprint density at radius 1 is 0.565 bits per heavy atom. The fourth-order valence-electron chi connectivity index (χ4n) is 7.10. The maximum absolute atomic E-state index is 12.9. The first-order valence-corrected chi connectivity index (χ1v) is 27.1. The highest BCUT2D eigenvalue weighted by atomic mass is 31.2. The Morgan fingerprint density at radius 3 is 1.45 bits per heavy atom. The molecule has 0 heterocycles. The molecule has 62 heavy (non-hydrogen) atoms. The minimum Gasteiger partial charge on any atom is -0.756 e. The van der Waals surface area contributed by atoms with Gasteiger partial charge in [-0.3, -0.25) is 9.36 Å². The number of aliphatic hydroxyl groups is 1. The van der Waals surface area contributed by atoms with Crippen molar-refractivity contribution in [3.8, 4) is 0 Å². The van der Waals surface area contributed by atoms with Crippen LogP contribution in [0, 0.1) is 0 Å². The third-order valence-electron chi connectivity index (χ3n) is 11.2. The van der Waals surface area contributed by atoms with E-state index in [1.54, 1.807) is 6.08 Å². The molecule has 0 aromatic rings. The maximum atomic E-state index is 12.9. The molecule has 0 rings (SSSR count). The summed E-state index contributed by atoms with van der Waals surface area (Å²) in [6, 6.07) is -0.910. The van der Waals surface area contributed by atoms with Crippen LogP contribution in [-0.4, -0.2) is 68.5 Å². The summed E-state index contributed by atoms with van der Waals surface area (Å²) in [6.45, 7) is 4.54. The second-order valence-corrected chi connectivity index (χ2v) is 19.9. The van der Waals surface area contributed by atoms with E-state index in [4.69, 9.17) is 9.05 Å². The van der Waals surface area contributed by atoms with Crippen molar-refractivity contribution < 1.29 is 32.9 Å². The largest absolute Gasteiger partial charge is 0.756 e. The van der Waals surface area contributed by atoms with E-state index in [-0.39, 0.29) is 12.5 Å². The van der Waals surface area contributed by atoms with Crippen molar-refractivity contribution >= 4 is 13.7 Å². The summed E-state index contributed by atoms with van der Waals surface area (Å²) >= 11 is 0. The fourth-order valence-corrected chi connectivity index (χ4v) is 7.83. The molecule has 0 fully saturated rings. The molecular formula is C53H99N2O6P. The number of nitrogens with one attached hydrogen (secondary N) is 1. The van der Waals surface area contributed by atoms with Crippen LogP contribution < -0.4 is 10.2 Å². The number of rotatable bonds is 46. The average molecular weight is 891 g/mol. The predicted molar refractivity (Wildman–Crippen MR) is 265 cm³/mol. The zero-order valence-corrected chi connectivity index (χ0v) is 42.0. The Labute approximate surface area is 383 Å². The van der Waals surface area contributed by atoms with Gasteiger partial charge in [0.1, 0.15) is 13.2 Å². The molecule has 0 aliphatic heterocycles. The van der Waals surface area contributed by atoms with Gasteiger partial charge >= 0.3 is 0 Å². The van der Waals surface area contributed by atoms with Gasteiger partial charge in [0, 0.05) is 6.42 Å². The lowest BCUT2D eigenvalue weighted by Gasteiger charge is -2.29. The number of allylic oxidation sites excluding steroid dienone is 9. The highest BCUT2D eigenvalue weighted by Gasteiger charge is 2.23. The van der Waals surface area contributed by atoms with Crippen molar-refractivity contribution in [3.63, 3.8) is 0 Å². The molecule has 3 unspecified atom stereocenters. The molecule has 362 valence electrons. The molecular weight excluding hydrogens is 792 g/mol. The number of hydrogen-bond donors (Lipinski definition) is 2. The van der Waals surface area contributed by atoms with Crippen molar-refractivity contribution in [2.45, 2.75) is 231 Å². The van der Waals surface area contributed by atoms with Crippen LogP contribution in [-0.2, 0) is 18.4 Å². The number of unbranched alkanes of at least 4 members (excludes halogenated alkanes) is 25. The molecule has 0 aromatic carbocycles. The first kappa shape index (κ1) is 60.2. The number of nitrogens with zero attached hydrogens (tertiary/aromatic N) is 1. The van der Waals surface area contributed by atoms with Crippen LogP contribution in [0.15, 0.2) is 60.8 Å². The smallest absolute Gasteiger partial charge is 0.268 e. The van der Waals surface area contributed by atoms with Gasteiger partial charge in [0.25, 0.3) is 7.82 Å². The molecule has 2 N–H and O–H groups in total. The van der Waals surface area contributed by atoms with E-state index < -0.39 is 26.6 Å². The Morgan fingerprint density at radius 2 is 0.984 bits per heavy atom. The molecule has 8 nitrogen and oxygen atoms in total. The standard InChI is InChI=1S/C53H99N2O6P/c1-6-8-10-12-14-16-18-19-20-21-22-23-24-25-26-27-28-29-30-31-32-33-34-35-37-39-41-43-45-47-53(57)54-51(50-61-62(58,59)60-49-48-55(3,4)5)52(56)46-44-42-40-38-36-17-15-13-11-9-7-2/h11,13,22-23,25-26,36,38,44,46,51-52,56H,6-10,12,14-21,24,27-35,37,39-43,45,47-50H2,1-5H3,(H-,54,57,58,59)/b13-11+,23-22-,26-25-,38-36+,46-44+. The lowest BCUT2D eigenvalue weighted by Crippen LogP contribution is -2.45. The van der Waals surface area contributed by atoms with E-state index in [1.807, 2.05) is 27.2 Å². The topological polar surface area (TPSA) is 108 Å². The van der Waals surface area contributed by atoms with Crippen LogP contribution in [0.25, 0.3) is 0 Å². The number of aliphatic hydroxyl groups excluding tert-OH is 1. The molecule has 0 bridgehead atoms. The first-order valence-electron chi connectivity index (χ1n) is 25.7. The Hall–Kier alpha value is -1.80. The minimum atomic E-state index is -4.60. The summed E-state index contributed by atoms with van der Waals surface area (Å²) in [5, 5.41) is 13.7. The molecule has 0 radical (unpaired) electrons. The molecule has 1 amide bonds. The number of phosphoric ester groups is 1. The van der Waals surface area contributed by atoms with Crippen molar-refractivity contribution in [2.75, 3.05) is 40.9 Å². The van der Waals surface area contributed by atoms with Crippen molar-refractivity contribution in [1.82, 2.24) is 5.32 Å². The highest BCUT2D eigenvalue weighted by molar-refractivity contribution is 7.45. The zero-order chi connectivity index (χ0) is 45.7. The summed E-state index contributed by atoms with van der Waals surface area (Å²) in [5.41, 5.74) is 0. The Kier molecular flexibility index (Phi) is 43.1. The number of carbonyl (C=O) groups excluding carboxylic acids is 1. The van der Waals surface area contributed by atoms with Crippen molar-refractivity contribution in [1.29, 1.82) is 0 Å². The maximum Gasteiger partial charge on any atom is 0.268 e. The molecule has 0 spiro atoms. The normalized spacial score (nSPS) is 14.6. The number of likely N-dealkylation sites (N-methyl/N-ethyl adjacent to an activating group) is 1. The van der Waals surface area contributed by atoms with E-state index >= 15 is 0 Å². The van der Waals surface area contributed by atoms with Crippen LogP contribution in [0.2, 0.25) is 0 Å². The van der Waals surface area contributed by atoms with E-state index in [1.165, 1.54) is 141 Å². The van der Waals surface area contributed by atoms with Gasteiger partial charge in [-0.25, -0.2) is 0 Å².